The van der Waals surface area contributed by atoms with Crippen LogP contribution in [0.25, 0.3) is 0 Å². The molecule has 0 saturated carbocycles. The first-order valence-electron chi connectivity index (χ1n) is 8.69. The lowest BCUT2D eigenvalue weighted by Gasteiger charge is -2.36. The van der Waals surface area contributed by atoms with Crippen LogP contribution in [-0.4, -0.2) is 66.9 Å². The van der Waals surface area contributed by atoms with E-state index in [1.165, 1.54) is 12.1 Å². The van der Waals surface area contributed by atoms with Crippen molar-refractivity contribution in [3.8, 4) is 0 Å². The van der Waals surface area contributed by atoms with Crippen molar-refractivity contribution < 1.29 is 14.0 Å². The molecule has 7 heteroatoms. The highest BCUT2D eigenvalue weighted by Gasteiger charge is 2.26. The summed E-state index contributed by atoms with van der Waals surface area (Å²) in [6.45, 7) is 7.75. The quantitative estimate of drug-likeness (QED) is 0.791. The lowest BCUT2D eigenvalue weighted by atomic mass is 10.0. The third-order valence-corrected chi connectivity index (χ3v) is 4.52. The largest absolute Gasteiger partial charge is 0.351 e. The molecule has 0 spiro atoms. The highest BCUT2D eigenvalue weighted by atomic mass is 19.1. The summed E-state index contributed by atoms with van der Waals surface area (Å²) in [4.78, 5) is 28.2. The van der Waals surface area contributed by atoms with E-state index in [0.29, 0.717) is 26.2 Å². The number of rotatable bonds is 6. The van der Waals surface area contributed by atoms with Gasteiger partial charge in [0.05, 0.1) is 11.6 Å². The Bertz CT molecular complexity index is 600. The van der Waals surface area contributed by atoms with Gasteiger partial charge >= 0.3 is 0 Å². The predicted octanol–water partition coefficient (Wildman–Crippen LogP) is 0.683. The van der Waals surface area contributed by atoms with Crippen LogP contribution in [0.15, 0.2) is 24.3 Å². The van der Waals surface area contributed by atoms with Gasteiger partial charge in [-0.15, -0.1) is 0 Å². The van der Waals surface area contributed by atoms with E-state index in [1.807, 2.05) is 13.8 Å². The van der Waals surface area contributed by atoms with Gasteiger partial charge in [0.2, 0.25) is 5.91 Å². The van der Waals surface area contributed by atoms with Crippen LogP contribution in [0.2, 0.25) is 0 Å². The number of hydrogen-bond donors (Lipinski definition) is 2. The minimum Gasteiger partial charge on any atom is -0.351 e. The Morgan fingerprint density at radius 1 is 1.20 bits per heavy atom. The number of carbonyl (C=O) groups is 2. The van der Waals surface area contributed by atoms with Gasteiger partial charge in [-0.2, -0.15) is 0 Å². The van der Waals surface area contributed by atoms with Gasteiger partial charge < -0.3 is 16.0 Å². The molecule has 0 aromatic heterocycles. The second-order valence-corrected chi connectivity index (χ2v) is 6.67. The maximum Gasteiger partial charge on any atom is 0.254 e. The van der Waals surface area contributed by atoms with Crippen LogP contribution in [0.4, 0.5) is 4.39 Å². The zero-order valence-corrected chi connectivity index (χ0v) is 14.9. The van der Waals surface area contributed by atoms with Crippen LogP contribution in [0.3, 0.4) is 0 Å². The number of piperazine rings is 1. The predicted molar refractivity (Wildman–Crippen MR) is 94.6 cm³/mol. The highest BCUT2D eigenvalue weighted by molar-refractivity contribution is 5.94. The fourth-order valence-corrected chi connectivity index (χ4v) is 2.76. The molecule has 1 heterocycles. The SMILES string of the molecule is CC(C)[C@H](N)C(=O)N1CCN(CCNC(=O)c2ccccc2F)CC1. The lowest BCUT2D eigenvalue weighted by Crippen LogP contribution is -2.55. The van der Waals surface area contributed by atoms with Gasteiger partial charge in [-0.25, -0.2) is 4.39 Å². The Morgan fingerprint density at radius 3 is 2.44 bits per heavy atom. The summed E-state index contributed by atoms with van der Waals surface area (Å²) >= 11 is 0. The van der Waals surface area contributed by atoms with E-state index in [4.69, 9.17) is 5.73 Å². The molecule has 2 rings (SSSR count). The number of nitrogens with one attached hydrogen (secondary N) is 1. The van der Waals surface area contributed by atoms with Crippen LogP contribution in [0, 0.1) is 11.7 Å². The van der Waals surface area contributed by atoms with E-state index in [-0.39, 0.29) is 17.4 Å². The maximum atomic E-state index is 13.5. The van der Waals surface area contributed by atoms with Gasteiger partial charge in [0.25, 0.3) is 5.91 Å². The molecule has 6 nitrogen and oxygen atoms in total. The standard InChI is InChI=1S/C18H27FN4O2/c1-13(2)16(20)18(25)23-11-9-22(10-12-23)8-7-21-17(24)14-5-3-4-6-15(14)19/h3-6,13,16H,7-12,20H2,1-2H3,(H,21,24)/t16-/m0/s1. The highest BCUT2D eigenvalue weighted by Crippen LogP contribution is 2.08. The summed E-state index contributed by atoms with van der Waals surface area (Å²) in [7, 11) is 0. The van der Waals surface area contributed by atoms with E-state index in [2.05, 4.69) is 10.2 Å². The first-order chi connectivity index (χ1) is 11.9. The van der Waals surface area contributed by atoms with Crippen LogP contribution in [-0.2, 0) is 4.79 Å². The molecule has 0 radical (unpaired) electrons. The average molecular weight is 350 g/mol. The number of nitrogens with zero attached hydrogens (tertiary/aromatic N) is 2. The molecule has 1 aromatic rings. The van der Waals surface area contributed by atoms with E-state index in [0.717, 1.165) is 13.1 Å². The molecular weight excluding hydrogens is 323 g/mol. The molecule has 1 saturated heterocycles. The van der Waals surface area contributed by atoms with Crippen molar-refractivity contribution in [3.63, 3.8) is 0 Å². The van der Waals surface area contributed by atoms with Crippen LogP contribution < -0.4 is 11.1 Å². The van der Waals surface area contributed by atoms with Crippen LogP contribution in [0.5, 0.6) is 0 Å². The first kappa shape index (κ1) is 19.3. The monoisotopic (exact) mass is 350 g/mol. The molecule has 138 valence electrons. The van der Waals surface area contributed by atoms with Gasteiger partial charge in [-0.05, 0) is 18.1 Å². The van der Waals surface area contributed by atoms with Gasteiger partial charge in [-0.3, -0.25) is 14.5 Å². The Balaban J connectivity index is 1.71. The molecular formula is C18H27FN4O2. The Hall–Kier alpha value is -1.99. The van der Waals surface area contributed by atoms with Gasteiger partial charge in [-0.1, -0.05) is 26.0 Å². The molecule has 2 amide bonds. The number of benzene rings is 1. The lowest BCUT2D eigenvalue weighted by molar-refractivity contribution is -0.135. The Labute approximate surface area is 148 Å². The van der Waals surface area contributed by atoms with Gasteiger partial charge in [0.15, 0.2) is 0 Å². The second kappa shape index (κ2) is 8.92. The third-order valence-electron chi connectivity index (χ3n) is 4.52. The van der Waals surface area contributed by atoms with E-state index >= 15 is 0 Å². The summed E-state index contributed by atoms with van der Waals surface area (Å²) in [6.07, 6.45) is 0. The molecule has 1 fully saturated rings. The molecule has 25 heavy (non-hydrogen) atoms. The Morgan fingerprint density at radius 2 is 1.84 bits per heavy atom. The molecule has 1 atom stereocenters. The minimum atomic E-state index is -0.520. The molecule has 0 bridgehead atoms. The summed E-state index contributed by atoms with van der Waals surface area (Å²) in [5, 5.41) is 2.73. The fraction of sp³-hybridized carbons (Fsp3) is 0.556. The molecule has 1 aliphatic heterocycles. The van der Waals surface area contributed by atoms with Crippen molar-refractivity contribution >= 4 is 11.8 Å². The first-order valence-corrected chi connectivity index (χ1v) is 8.69. The summed E-state index contributed by atoms with van der Waals surface area (Å²) in [5.41, 5.74) is 5.98. The van der Waals surface area contributed by atoms with Crippen molar-refractivity contribution in [2.24, 2.45) is 11.7 Å². The topological polar surface area (TPSA) is 78.7 Å². The van der Waals surface area contributed by atoms with Crippen molar-refractivity contribution in [2.75, 3.05) is 39.3 Å². The number of hydrogen-bond acceptors (Lipinski definition) is 4. The molecule has 1 aliphatic rings. The smallest absolute Gasteiger partial charge is 0.254 e. The molecule has 1 aromatic carbocycles. The number of nitrogens with two attached hydrogens (primary N) is 1. The summed E-state index contributed by atoms with van der Waals surface area (Å²) in [5.74, 6) is -0.801. The summed E-state index contributed by atoms with van der Waals surface area (Å²) in [6, 6.07) is 5.47. The molecule has 0 unspecified atom stereocenters. The summed E-state index contributed by atoms with van der Waals surface area (Å²) < 4.78 is 13.5. The number of halogens is 1. The van der Waals surface area contributed by atoms with E-state index in [9.17, 15) is 14.0 Å². The normalized spacial score (nSPS) is 16.8. The zero-order valence-electron chi connectivity index (χ0n) is 14.9. The van der Waals surface area contributed by atoms with Gasteiger partial charge in [0.1, 0.15) is 5.82 Å². The van der Waals surface area contributed by atoms with E-state index in [1.54, 1.807) is 17.0 Å². The fourth-order valence-electron chi connectivity index (χ4n) is 2.76. The average Bonchev–Trinajstić information content (AvgIpc) is 2.61. The van der Waals surface area contributed by atoms with Crippen molar-refractivity contribution in [1.29, 1.82) is 0 Å². The second-order valence-electron chi connectivity index (χ2n) is 6.67. The molecule has 3 N–H and O–H groups in total. The minimum absolute atomic E-state index is 0.00232. The zero-order chi connectivity index (χ0) is 18.4. The number of carbonyl (C=O) groups excluding carboxylic acids is 2. The van der Waals surface area contributed by atoms with E-state index < -0.39 is 17.8 Å². The third kappa shape index (κ3) is 5.24. The van der Waals surface area contributed by atoms with Crippen LogP contribution in [0.1, 0.15) is 24.2 Å². The van der Waals surface area contributed by atoms with Gasteiger partial charge in [0, 0.05) is 39.3 Å². The maximum absolute atomic E-state index is 13.5. The van der Waals surface area contributed by atoms with Crippen molar-refractivity contribution in [3.05, 3.63) is 35.6 Å². The van der Waals surface area contributed by atoms with Crippen LogP contribution >= 0.6 is 0 Å². The molecule has 0 aliphatic carbocycles. The number of amides is 2. The van der Waals surface area contributed by atoms with Crippen molar-refractivity contribution in [1.82, 2.24) is 15.1 Å². The Kier molecular flexibility index (Phi) is 6.90. The van der Waals surface area contributed by atoms with Crippen molar-refractivity contribution in [2.45, 2.75) is 19.9 Å².